The summed E-state index contributed by atoms with van der Waals surface area (Å²) in [6.07, 6.45) is 3.85. The summed E-state index contributed by atoms with van der Waals surface area (Å²) in [5, 5.41) is 12.8. The molecule has 1 N–H and O–H groups in total. The monoisotopic (exact) mass is 554 g/mol. The maximum Gasteiger partial charge on any atom is 0.308 e. The van der Waals surface area contributed by atoms with Crippen molar-refractivity contribution < 1.29 is 24.2 Å². The van der Waals surface area contributed by atoms with Crippen LogP contribution in [0, 0.1) is 17.8 Å². The maximum absolute atomic E-state index is 13.8. The fraction of sp³-hybridized carbons (Fsp3) is 0.471. The summed E-state index contributed by atoms with van der Waals surface area (Å²) in [6, 6.07) is 12.9. The summed E-state index contributed by atoms with van der Waals surface area (Å²) in [6.45, 7) is 11.5. The summed E-state index contributed by atoms with van der Waals surface area (Å²) in [5.74, 6) is 6.38. The molecular weight excluding hydrogens is 516 g/mol. The number of amides is 1. The van der Waals surface area contributed by atoms with Gasteiger partial charge in [0.15, 0.2) is 11.5 Å². The van der Waals surface area contributed by atoms with Crippen LogP contribution in [-0.4, -0.2) is 70.2 Å². The normalized spacial score (nSPS) is 29.0. The average Bonchev–Trinajstić information content (AvgIpc) is 3.29. The van der Waals surface area contributed by atoms with Crippen LogP contribution >= 0.6 is 0 Å². The van der Waals surface area contributed by atoms with Crippen LogP contribution in [0.2, 0.25) is 0 Å². The van der Waals surface area contributed by atoms with Crippen molar-refractivity contribution in [2.75, 3.05) is 19.6 Å². The molecule has 41 heavy (non-hydrogen) atoms. The van der Waals surface area contributed by atoms with Crippen molar-refractivity contribution >= 4 is 11.9 Å². The van der Waals surface area contributed by atoms with E-state index < -0.39 is 23.1 Å². The summed E-state index contributed by atoms with van der Waals surface area (Å²) in [4.78, 5) is 30.1. The van der Waals surface area contributed by atoms with Crippen LogP contribution in [0.4, 0.5) is 0 Å². The molecule has 2 heterocycles. The molecule has 6 rings (SSSR count). The molecule has 1 spiro atoms. The van der Waals surface area contributed by atoms with Crippen LogP contribution in [0.15, 0.2) is 55.1 Å². The number of rotatable bonds is 6. The van der Waals surface area contributed by atoms with Gasteiger partial charge in [0.05, 0.1) is 17.1 Å². The Labute approximate surface area is 242 Å². The smallest absolute Gasteiger partial charge is 0.308 e. The Morgan fingerprint density at radius 2 is 2.02 bits per heavy atom. The number of ether oxygens (including phenoxy) is 2. The van der Waals surface area contributed by atoms with E-state index in [1.807, 2.05) is 47.4 Å². The van der Waals surface area contributed by atoms with Gasteiger partial charge in [0.1, 0.15) is 6.10 Å². The molecule has 214 valence electrons. The first-order valence-corrected chi connectivity index (χ1v) is 14.7. The van der Waals surface area contributed by atoms with E-state index in [-0.39, 0.29) is 23.9 Å². The van der Waals surface area contributed by atoms with Crippen molar-refractivity contribution in [2.45, 2.75) is 75.7 Å². The lowest BCUT2D eigenvalue weighted by Gasteiger charge is -2.64. The van der Waals surface area contributed by atoms with E-state index in [2.05, 4.69) is 37.2 Å². The summed E-state index contributed by atoms with van der Waals surface area (Å²) < 4.78 is 12.5. The van der Waals surface area contributed by atoms with Crippen molar-refractivity contribution in [1.82, 2.24) is 9.80 Å². The van der Waals surface area contributed by atoms with Crippen molar-refractivity contribution in [3.05, 3.63) is 71.8 Å². The van der Waals surface area contributed by atoms with Crippen molar-refractivity contribution in [3.8, 4) is 23.3 Å². The molecule has 7 heteroatoms. The number of benzene rings is 2. The van der Waals surface area contributed by atoms with Gasteiger partial charge in [-0.15, -0.1) is 6.58 Å². The number of hydrogen-bond acceptors (Lipinski definition) is 6. The zero-order valence-corrected chi connectivity index (χ0v) is 24.1. The van der Waals surface area contributed by atoms with E-state index in [9.17, 15) is 14.7 Å². The van der Waals surface area contributed by atoms with Gasteiger partial charge in [-0.05, 0) is 61.9 Å². The highest BCUT2D eigenvalue weighted by Gasteiger charge is 2.73. The standard InChI is InChI=1S/C34H38N2O5/c1-5-18-35-19-17-33-30-25-12-13-27(40-23(4)37)31(30)41-32(33)26(15-16-34(33,39)28(35)20-25)36(21-22(2)3)29(38)14-11-24-9-7-6-8-10-24/h5-10,12-13,22,26,28,32,39H,1,15-21H2,2-4H3/t26-,28-,32+,33+,34-/m1/s1. The first-order chi connectivity index (χ1) is 19.7. The second-order valence-electron chi connectivity index (χ2n) is 12.3. The Hall–Kier alpha value is -3.60. The van der Waals surface area contributed by atoms with E-state index in [0.717, 1.165) is 23.2 Å². The van der Waals surface area contributed by atoms with E-state index in [1.165, 1.54) is 6.92 Å². The van der Waals surface area contributed by atoms with Crippen LogP contribution in [0.25, 0.3) is 0 Å². The van der Waals surface area contributed by atoms with Gasteiger partial charge in [-0.1, -0.05) is 50.1 Å². The molecule has 2 aromatic rings. The van der Waals surface area contributed by atoms with Crippen LogP contribution < -0.4 is 9.47 Å². The molecule has 0 unspecified atom stereocenters. The van der Waals surface area contributed by atoms with E-state index >= 15 is 0 Å². The molecule has 2 aliphatic carbocycles. The number of esters is 1. The molecule has 0 aromatic heterocycles. The number of carbonyl (C=O) groups excluding carboxylic acids is 2. The molecule has 1 saturated heterocycles. The number of aliphatic hydroxyl groups is 1. The Kier molecular flexibility index (Phi) is 6.96. The van der Waals surface area contributed by atoms with Crippen molar-refractivity contribution in [1.29, 1.82) is 0 Å². The number of piperidine rings is 1. The quantitative estimate of drug-likeness (QED) is 0.253. The number of likely N-dealkylation sites (tertiary alicyclic amines) is 1. The molecule has 1 amide bonds. The molecule has 7 nitrogen and oxygen atoms in total. The third kappa shape index (κ3) is 4.27. The molecular formula is C34H38N2O5. The van der Waals surface area contributed by atoms with E-state index in [1.54, 1.807) is 6.07 Å². The number of carbonyl (C=O) groups is 2. The summed E-state index contributed by atoms with van der Waals surface area (Å²) >= 11 is 0. The molecule has 2 bridgehead atoms. The Balaban J connectivity index is 1.47. The van der Waals surface area contributed by atoms with Crippen molar-refractivity contribution in [3.63, 3.8) is 0 Å². The molecule has 2 aliphatic heterocycles. The highest BCUT2D eigenvalue weighted by molar-refractivity contribution is 5.94. The van der Waals surface area contributed by atoms with E-state index in [0.29, 0.717) is 50.3 Å². The van der Waals surface area contributed by atoms with Crippen LogP contribution in [0.3, 0.4) is 0 Å². The highest BCUT2D eigenvalue weighted by Crippen LogP contribution is 2.66. The zero-order valence-electron chi connectivity index (χ0n) is 24.1. The van der Waals surface area contributed by atoms with Gasteiger partial charge in [-0.25, -0.2) is 0 Å². The maximum atomic E-state index is 13.8. The third-order valence-corrected chi connectivity index (χ3v) is 9.45. The predicted octanol–water partition coefficient (Wildman–Crippen LogP) is 3.86. The van der Waals surface area contributed by atoms with Crippen LogP contribution in [-0.2, 0) is 21.4 Å². The lowest BCUT2D eigenvalue weighted by atomic mass is 9.48. The minimum absolute atomic E-state index is 0.105. The summed E-state index contributed by atoms with van der Waals surface area (Å²) in [7, 11) is 0. The van der Waals surface area contributed by atoms with Gasteiger partial charge in [-0.3, -0.25) is 14.5 Å². The SMILES string of the molecule is C=CCN1CC[C@]23c4c5ccc(OC(C)=O)c4O[C@H]2[C@H](N(CC(C)C)C(=O)C#Cc2ccccc2)CC[C@@]3(O)[C@H]1C5. The third-order valence-electron chi connectivity index (χ3n) is 9.45. The summed E-state index contributed by atoms with van der Waals surface area (Å²) in [5.41, 5.74) is 1.04. The number of hydrogen-bond donors (Lipinski definition) is 1. The van der Waals surface area contributed by atoms with Crippen molar-refractivity contribution in [2.24, 2.45) is 5.92 Å². The Morgan fingerprint density at radius 3 is 2.73 bits per heavy atom. The second kappa shape index (κ2) is 10.3. The van der Waals surface area contributed by atoms with Gasteiger partial charge in [0.25, 0.3) is 5.91 Å². The van der Waals surface area contributed by atoms with Crippen LogP contribution in [0.1, 0.15) is 56.7 Å². The minimum atomic E-state index is -1.06. The largest absolute Gasteiger partial charge is 0.483 e. The fourth-order valence-corrected chi connectivity index (χ4v) is 8.01. The zero-order chi connectivity index (χ0) is 28.9. The predicted molar refractivity (Wildman–Crippen MR) is 156 cm³/mol. The van der Waals surface area contributed by atoms with Gasteiger partial charge in [0.2, 0.25) is 0 Å². The van der Waals surface area contributed by atoms with Gasteiger partial charge in [0, 0.05) is 43.1 Å². The average molecular weight is 555 g/mol. The lowest BCUT2D eigenvalue weighted by Crippen LogP contribution is -2.78. The van der Waals surface area contributed by atoms with E-state index in [4.69, 9.17) is 9.47 Å². The molecule has 0 radical (unpaired) electrons. The molecule has 2 fully saturated rings. The first-order valence-electron chi connectivity index (χ1n) is 14.7. The Bertz CT molecular complexity index is 1440. The van der Waals surface area contributed by atoms with Gasteiger partial charge >= 0.3 is 5.97 Å². The first kappa shape index (κ1) is 27.6. The van der Waals surface area contributed by atoms with Gasteiger partial charge < -0.3 is 19.5 Å². The molecule has 1 saturated carbocycles. The molecule has 5 atom stereocenters. The lowest BCUT2D eigenvalue weighted by molar-refractivity contribution is -0.199. The Morgan fingerprint density at radius 1 is 1.24 bits per heavy atom. The number of nitrogens with zero attached hydrogens (tertiary/aromatic N) is 2. The molecule has 2 aromatic carbocycles. The minimum Gasteiger partial charge on any atom is -0.483 e. The van der Waals surface area contributed by atoms with Gasteiger partial charge in [-0.2, -0.15) is 0 Å². The highest BCUT2D eigenvalue weighted by atomic mass is 16.6. The van der Waals surface area contributed by atoms with Crippen LogP contribution in [0.5, 0.6) is 11.5 Å². The fourth-order valence-electron chi connectivity index (χ4n) is 8.01. The second-order valence-corrected chi connectivity index (χ2v) is 12.3. The molecule has 4 aliphatic rings. The topological polar surface area (TPSA) is 79.3 Å².